The van der Waals surface area contributed by atoms with Crippen molar-refractivity contribution < 1.29 is 14.3 Å². The Morgan fingerprint density at radius 3 is 2.24 bits per heavy atom. The predicted octanol–water partition coefficient (Wildman–Crippen LogP) is 4.69. The smallest absolute Gasteiger partial charge is 0.255 e. The topological polar surface area (TPSA) is 140 Å². The molecule has 10 heteroatoms. The van der Waals surface area contributed by atoms with Gasteiger partial charge < -0.3 is 31.3 Å². The molecule has 46 heavy (non-hydrogen) atoms. The van der Waals surface area contributed by atoms with Crippen molar-refractivity contribution in [1.29, 1.82) is 0 Å². The molecule has 1 fully saturated rings. The Balaban J connectivity index is 1.23. The number of nitrogen functional groups attached to an aromatic ring is 1. The quantitative estimate of drug-likeness (QED) is 0.230. The summed E-state index contributed by atoms with van der Waals surface area (Å²) < 4.78 is 5.49. The van der Waals surface area contributed by atoms with Gasteiger partial charge in [0.25, 0.3) is 11.8 Å². The summed E-state index contributed by atoms with van der Waals surface area (Å²) in [6.45, 7) is 3.41. The Hall–Kier alpha value is -5.74. The molecule has 2 aliphatic rings. The van der Waals surface area contributed by atoms with Crippen LogP contribution in [0.5, 0.6) is 0 Å². The predicted molar refractivity (Wildman–Crippen MR) is 177 cm³/mol. The number of primary amides is 1. The van der Waals surface area contributed by atoms with E-state index in [2.05, 4.69) is 44.5 Å². The highest BCUT2D eigenvalue weighted by atomic mass is 16.5. The highest BCUT2D eigenvalue weighted by Gasteiger charge is 2.51. The third kappa shape index (κ3) is 5.18. The molecule has 1 atom stereocenters. The molecule has 2 aliphatic heterocycles. The van der Waals surface area contributed by atoms with Crippen molar-refractivity contribution in [2.75, 3.05) is 42.3 Å². The average Bonchev–Trinajstić information content (AvgIpc) is 3.42. The molecule has 3 heterocycles. The first-order valence-corrected chi connectivity index (χ1v) is 15.1. The maximum Gasteiger partial charge on any atom is 0.255 e. The van der Waals surface area contributed by atoms with Crippen LogP contribution < -0.4 is 21.7 Å². The first-order valence-electron chi connectivity index (χ1n) is 15.1. The minimum Gasteiger partial charge on any atom is -0.378 e. The summed E-state index contributed by atoms with van der Waals surface area (Å²) in [6.07, 6.45) is 1.56. The fourth-order valence-corrected chi connectivity index (χ4v) is 6.42. The standard InChI is InChI=1S/C36H33N7O3/c37-34(45)36(27-4-2-1-3-5-27,28-9-11-29(12-10-28)40-32-16-17-39-35(38)41-32)43-23-26-22-25(8-15-31(26)33(43)44)24-6-13-30(14-7-24)42-18-20-46-21-19-42/h1-17,22H,18-21,23H2,(H2,37,45)(H3,38,39,40,41). The molecule has 10 nitrogen and oxygen atoms in total. The van der Waals surface area contributed by atoms with Gasteiger partial charge in [-0.15, -0.1) is 0 Å². The van der Waals surface area contributed by atoms with Crippen LogP contribution in [0.2, 0.25) is 0 Å². The molecule has 1 aromatic heterocycles. The fraction of sp³-hybridized carbons (Fsp3) is 0.167. The minimum atomic E-state index is -1.56. The van der Waals surface area contributed by atoms with Crippen LogP contribution in [0.15, 0.2) is 109 Å². The van der Waals surface area contributed by atoms with E-state index in [1.165, 1.54) is 0 Å². The number of nitrogens with zero attached hydrogens (tertiary/aromatic N) is 4. The number of fused-ring (bicyclic) bond motifs is 1. The van der Waals surface area contributed by atoms with Crippen LogP contribution in [0.25, 0.3) is 11.1 Å². The number of morpholine rings is 1. The number of aromatic nitrogens is 2. The van der Waals surface area contributed by atoms with Crippen LogP contribution in [-0.2, 0) is 21.6 Å². The number of benzene rings is 4. The molecular formula is C36H33N7O3. The summed E-state index contributed by atoms with van der Waals surface area (Å²) in [5.41, 5.74) is 16.9. The molecular weight excluding hydrogens is 578 g/mol. The molecule has 1 unspecified atom stereocenters. The highest BCUT2D eigenvalue weighted by Crippen LogP contribution is 2.42. The van der Waals surface area contributed by atoms with Crippen molar-refractivity contribution in [3.63, 3.8) is 0 Å². The van der Waals surface area contributed by atoms with E-state index in [-0.39, 0.29) is 18.4 Å². The normalized spacial score (nSPS) is 15.7. The van der Waals surface area contributed by atoms with Gasteiger partial charge in [-0.3, -0.25) is 9.59 Å². The molecule has 0 radical (unpaired) electrons. The van der Waals surface area contributed by atoms with Crippen LogP contribution in [-0.4, -0.2) is 53.0 Å². The van der Waals surface area contributed by atoms with E-state index in [4.69, 9.17) is 16.2 Å². The zero-order chi connectivity index (χ0) is 31.7. The summed E-state index contributed by atoms with van der Waals surface area (Å²) in [6, 6.07) is 32.5. The van der Waals surface area contributed by atoms with Gasteiger partial charge in [0.2, 0.25) is 5.95 Å². The second kappa shape index (κ2) is 12.0. The van der Waals surface area contributed by atoms with E-state index in [1.54, 1.807) is 17.2 Å². The number of carbonyl (C=O) groups excluding carboxylic acids is 2. The zero-order valence-electron chi connectivity index (χ0n) is 25.1. The number of carbonyl (C=O) groups is 2. The number of amides is 2. The third-order valence-electron chi connectivity index (χ3n) is 8.69. The number of anilines is 4. The number of hydrogen-bond donors (Lipinski definition) is 3. The van der Waals surface area contributed by atoms with Crippen LogP contribution in [0.4, 0.5) is 23.1 Å². The first kappa shape index (κ1) is 29.0. The van der Waals surface area contributed by atoms with E-state index >= 15 is 0 Å². The largest absolute Gasteiger partial charge is 0.378 e. The Labute approximate surface area is 266 Å². The monoisotopic (exact) mass is 611 g/mol. The lowest BCUT2D eigenvalue weighted by Gasteiger charge is -2.40. The molecule has 5 N–H and O–H groups in total. The van der Waals surface area contributed by atoms with E-state index in [0.29, 0.717) is 28.2 Å². The van der Waals surface area contributed by atoms with Gasteiger partial charge in [-0.1, -0.05) is 60.7 Å². The lowest BCUT2D eigenvalue weighted by atomic mass is 9.80. The fourth-order valence-electron chi connectivity index (χ4n) is 6.42. The van der Waals surface area contributed by atoms with Crippen molar-refractivity contribution >= 4 is 35.0 Å². The van der Waals surface area contributed by atoms with Gasteiger partial charge in [0.1, 0.15) is 5.82 Å². The number of nitrogens with two attached hydrogens (primary N) is 2. The van der Waals surface area contributed by atoms with E-state index < -0.39 is 11.4 Å². The lowest BCUT2D eigenvalue weighted by molar-refractivity contribution is -0.127. The number of ether oxygens (including phenoxy) is 1. The van der Waals surface area contributed by atoms with Gasteiger partial charge in [0.15, 0.2) is 5.54 Å². The second-order valence-electron chi connectivity index (χ2n) is 11.4. The van der Waals surface area contributed by atoms with Crippen molar-refractivity contribution in [2.24, 2.45) is 5.73 Å². The summed E-state index contributed by atoms with van der Waals surface area (Å²) in [4.78, 5) is 39.9. The molecule has 2 amide bonds. The lowest BCUT2D eigenvalue weighted by Crippen LogP contribution is -2.55. The van der Waals surface area contributed by atoms with Crippen molar-refractivity contribution in [3.8, 4) is 11.1 Å². The highest BCUT2D eigenvalue weighted by molar-refractivity contribution is 6.04. The Morgan fingerprint density at radius 1 is 0.848 bits per heavy atom. The molecule has 0 saturated carbocycles. The van der Waals surface area contributed by atoms with Crippen molar-refractivity contribution in [2.45, 2.75) is 12.1 Å². The molecule has 7 rings (SSSR count). The Kier molecular flexibility index (Phi) is 7.55. The molecule has 4 aromatic carbocycles. The summed E-state index contributed by atoms with van der Waals surface area (Å²) in [5.74, 6) is -0.228. The van der Waals surface area contributed by atoms with Gasteiger partial charge in [-0.05, 0) is 70.3 Å². The van der Waals surface area contributed by atoms with Crippen LogP contribution in [0.1, 0.15) is 27.0 Å². The number of nitrogens with one attached hydrogen (secondary N) is 1. The zero-order valence-corrected chi connectivity index (χ0v) is 25.1. The van der Waals surface area contributed by atoms with Crippen LogP contribution in [0, 0.1) is 0 Å². The summed E-state index contributed by atoms with van der Waals surface area (Å²) >= 11 is 0. The van der Waals surface area contributed by atoms with Gasteiger partial charge >= 0.3 is 0 Å². The summed E-state index contributed by atoms with van der Waals surface area (Å²) in [5, 5.41) is 3.19. The number of hydrogen-bond acceptors (Lipinski definition) is 8. The Morgan fingerprint density at radius 2 is 1.54 bits per heavy atom. The molecule has 0 spiro atoms. The average molecular weight is 612 g/mol. The van der Waals surface area contributed by atoms with Crippen LogP contribution in [0.3, 0.4) is 0 Å². The molecule has 0 aliphatic carbocycles. The SMILES string of the molecule is NC(=O)C(c1ccccc1)(c1ccc(Nc2ccnc(N)n2)cc1)N1Cc2cc(-c3ccc(N4CCOCC4)cc3)ccc2C1=O. The molecule has 0 bridgehead atoms. The van der Waals surface area contributed by atoms with E-state index in [0.717, 1.165) is 48.7 Å². The van der Waals surface area contributed by atoms with Gasteiger partial charge in [0, 0.05) is 42.8 Å². The van der Waals surface area contributed by atoms with Gasteiger partial charge in [-0.2, -0.15) is 4.98 Å². The van der Waals surface area contributed by atoms with Gasteiger partial charge in [0.05, 0.1) is 13.2 Å². The van der Waals surface area contributed by atoms with Crippen molar-refractivity contribution in [3.05, 3.63) is 132 Å². The van der Waals surface area contributed by atoms with Crippen molar-refractivity contribution in [1.82, 2.24) is 14.9 Å². The first-order chi connectivity index (χ1) is 22.4. The minimum absolute atomic E-state index is 0.152. The van der Waals surface area contributed by atoms with Gasteiger partial charge in [-0.25, -0.2) is 4.98 Å². The second-order valence-corrected chi connectivity index (χ2v) is 11.4. The summed E-state index contributed by atoms with van der Waals surface area (Å²) in [7, 11) is 0. The maximum absolute atomic E-state index is 14.2. The van der Waals surface area contributed by atoms with Crippen LogP contribution >= 0.6 is 0 Å². The molecule has 230 valence electrons. The van der Waals surface area contributed by atoms with E-state index in [1.807, 2.05) is 72.8 Å². The maximum atomic E-state index is 14.2. The molecule has 1 saturated heterocycles. The third-order valence-corrected chi connectivity index (χ3v) is 8.69. The number of rotatable bonds is 8. The van der Waals surface area contributed by atoms with E-state index in [9.17, 15) is 9.59 Å². The Bertz CT molecular complexity index is 1890. The molecule has 5 aromatic rings.